The monoisotopic (exact) mass is 326 g/mol. The normalized spacial score (nSPS) is 32.1. The molecule has 2 fully saturated rings. The van der Waals surface area contributed by atoms with Crippen molar-refractivity contribution in [3.05, 3.63) is 0 Å². The minimum atomic E-state index is -0.308. The van der Waals surface area contributed by atoms with E-state index < -0.39 is 0 Å². The van der Waals surface area contributed by atoms with E-state index >= 15 is 0 Å². The van der Waals surface area contributed by atoms with Crippen LogP contribution in [0.2, 0.25) is 0 Å². The molecule has 0 aromatic rings. The van der Waals surface area contributed by atoms with Crippen molar-refractivity contribution in [2.24, 2.45) is 11.7 Å². The molecule has 1 saturated heterocycles. The first-order valence-corrected chi connectivity index (χ1v) is 9.61. The minimum Gasteiger partial charge on any atom is -0.390 e. The fraction of sp³-hybridized carbons (Fsp3) is 1.00. The van der Waals surface area contributed by atoms with E-state index in [1.807, 2.05) is 0 Å². The maximum atomic E-state index is 10.3. The number of unbranched alkanes of at least 4 members (excludes halogenated alkanes) is 1. The van der Waals surface area contributed by atoms with E-state index in [9.17, 15) is 5.11 Å². The molecular weight excluding hydrogens is 288 g/mol. The van der Waals surface area contributed by atoms with Gasteiger partial charge in [0.25, 0.3) is 0 Å². The van der Waals surface area contributed by atoms with Gasteiger partial charge in [-0.1, -0.05) is 25.7 Å². The number of piperidine rings is 1. The fourth-order valence-electron chi connectivity index (χ4n) is 4.87. The number of aliphatic hydroxyl groups is 1. The van der Waals surface area contributed by atoms with Crippen molar-refractivity contribution in [2.75, 3.05) is 6.54 Å². The van der Waals surface area contributed by atoms with Gasteiger partial charge >= 0.3 is 0 Å². The molecule has 0 bridgehead atoms. The molecule has 4 nitrogen and oxygen atoms in total. The van der Waals surface area contributed by atoms with Crippen LogP contribution in [0.5, 0.6) is 0 Å². The first kappa shape index (κ1) is 19.2. The summed E-state index contributed by atoms with van der Waals surface area (Å²) in [6.45, 7) is 9.96. The summed E-state index contributed by atoms with van der Waals surface area (Å²) in [6.07, 6.45) is 9.74. The van der Waals surface area contributed by atoms with Crippen molar-refractivity contribution >= 4 is 0 Å². The largest absolute Gasteiger partial charge is 0.390 e. The van der Waals surface area contributed by atoms with Gasteiger partial charge in [0.15, 0.2) is 0 Å². The van der Waals surface area contributed by atoms with Crippen LogP contribution < -0.4 is 5.73 Å². The molecule has 2 atom stereocenters. The zero-order valence-corrected chi connectivity index (χ0v) is 15.7. The van der Waals surface area contributed by atoms with Crippen LogP contribution in [-0.2, 0) is 4.84 Å². The lowest BCUT2D eigenvalue weighted by atomic mass is 9.73. The second-order valence-corrected chi connectivity index (χ2v) is 8.97. The summed E-state index contributed by atoms with van der Waals surface area (Å²) in [5.41, 5.74) is 5.65. The van der Waals surface area contributed by atoms with Gasteiger partial charge in [0, 0.05) is 11.1 Å². The molecule has 1 aliphatic heterocycles. The Labute approximate surface area is 142 Å². The third kappa shape index (κ3) is 4.91. The van der Waals surface area contributed by atoms with Crippen molar-refractivity contribution in [2.45, 2.75) is 109 Å². The Hall–Kier alpha value is -0.160. The van der Waals surface area contributed by atoms with E-state index in [1.54, 1.807) is 0 Å². The minimum absolute atomic E-state index is 0.00625. The predicted octanol–water partition coefficient (Wildman–Crippen LogP) is 3.62. The van der Waals surface area contributed by atoms with Crippen LogP contribution in [0.15, 0.2) is 0 Å². The number of hydroxylamine groups is 2. The molecule has 1 saturated carbocycles. The average molecular weight is 327 g/mol. The van der Waals surface area contributed by atoms with Gasteiger partial charge in [-0.2, -0.15) is 5.06 Å². The number of aliphatic hydroxyl groups excluding tert-OH is 1. The van der Waals surface area contributed by atoms with Gasteiger partial charge in [-0.15, -0.1) is 0 Å². The SMILES string of the molecule is CC1(C)CC(CCCCN)CC(C)(C)N1O[C@@H]1CCCC[C@H]1O. The Balaban J connectivity index is 2.01. The Morgan fingerprint density at radius 1 is 1.04 bits per heavy atom. The smallest absolute Gasteiger partial charge is 0.105 e. The Morgan fingerprint density at radius 3 is 2.22 bits per heavy atom. The van der Waals surface area contributed by atoms with Crippen LogP contribution in [0.25, 0.3) is 0 Å². The molecule has 0 unspecified atom stereocenters. The van der Waals surface area contributed by atoms with Crippen molar-refractivity contribution in [3.8, 4) is 0 Å². The first-order valence-electron chi connectivity index (χ1n) is 9.61. The van der Waals surface area contributed by atoms with Crippen LogP contribution in [-0.4, -0.2) is 40.0 Å². The van der Waals surface area contributed by atoms with E-state index in [1.165, 1.54) is 12.8 Å². The van der Waals surface area contributed by atoms with Gasteiger partial charge in [-0.25, -0.2) is 0 Å². The molecule has 1 heterocycles. The van der Waals surface area contributed by atoms with Gasteiger partial charge in [-0.3, -0.25) is 4.84 Å². The molecule has 4 heteroatoms. The van der Waals surface area contributed by atoms with Gasteiger partial charge in [-0.05, 0) is 72.3 Å². The lowest BCUT2D eigenvalue weighted by Crippen LogP contribution is -2.62. The molecule has 136 valence electrons. The Kier molecular flexibility index (Phi) is 6.51. The molecule has 2 aliphatic rings. The summed E-state index contributed by atoms with van der Waals surface area (Å²) in [5, 5.41) is 12.5. The first-order chi connectivity index (χ1) is 10.8. The van der Waals surface area contributed by atoms with Gasteiger partial charge in [0.2, 0.25) is 0 Å². The molecule has 2 rings (SSSR count). The number of hydrogen-bond donors (Lipinski definition) is 2. The Morgan fingerprint density at radius 2 is 1.65 bits per heavy atom. The molecule has 23 heavy (non-hydrogen) atoms. The zero-order chi connectivity index (χ0) is 17.1. The van der Waals surface area contributed by atoms with E-state index in [0.29, 0.717) is 0 Å². The number of rotatable bonds is 6. The summed E-state index contributed by atoms with van der Waals surface area (Å²) in [4.78, 5) is 6.41. The van der Waals surface area contributed by atoms with E-state index in [-0.39, 0.29) is 23.3 Å². The third-order valence-corrected chi connectivity index (χ3v) is 5.65. The number of nitrogens with zero attached hydrogens (tertiary/aromatic N) is 1. The van der Waals surface area contributed by atoms with E-state index in [0.717, 1.165) is 57.4 Å². The summed E-state index contributed by atoms with van der Waals surface area (Å²) < 4.78 is 0. The molecule has 0 spiro atoms. The summed E-state index contributed by atoms with van der Waals surface area (Å²) in [6, 6.07) is 0. The quantitative estimate of drug-likeness (QED) is 0.732. The topological polar surface area (TPSA) is 58.7 Å². The van der Waals surface area contributed by atoms with E-state index in [2.05, 4.69) is 32.8 Å². The van der Waals surface area contributed by atoms with Gasteiger partial charge < -0.3 is 10.8 Å². The summed E-state index contributed by atoms with van der Waals surface area (Å²) in [7, 11) is 0. The molecule has 1 aliphatic carbocycles. The zero-order valence-electron chi connectivity index (χ0n) is 15.7. The van der Waals surface area contributed by atoms with Gasteiger partial charge in [0.05, 0.1) is 6.10 Å². The lowest BCUT2D eigenvalue weighted by molar-refractivity contribution is -0.325. The van der Waals surface area contributed by atoms with Gasteiger partial charge in [0.1, 0.15) is 6.10 Å². The van der Waals surface area contributed by atoms with Crippen molar-refractivity contribution in [3.63, 3.8) is 0 Å². The van der Waals surface area contributed by atoms with Crippen molar-refractivity contribution in [1.29, 1.82) is 0 Å². The molecule has 0 aromatic carbocycles. The van der Waals surface area contributed by atoms with Crippen LogP contribution in [0.1, 0.15) is 85.5 Å². The highest BCUT2D eigenvalue weighted by Gasteiger charge is 2.47. The highest BCUT2D eigenvalue weighted by atomic mass is 16.7. The number of hydrogen-bond acceptors (Lipinski definition) is 4. The highest BCUT2D eigenvalue weighted by Crippen LogP contribution is 2.44. The Bertz CT molecular complexity index is 352. The third-order valence-electron chi connectivity index (χ3n) is 5.65. The average Bonchev–Trinajstić information content (AvgIpc) is 2.44. The van der Waals surface area contributed by atoms with Crippen LogP contribution in [0.4, 0.5) is 0 Å². The summed E-state index contributed by atoms with van der Waals surface area (Å²) >= 11 is 0. The van der Waals surface area contributed by atoms with Crippen LogP contribution in [0.3, 0.4) is 0 Å². The maximum absolute atomic E-state index is 10.3. The number of nitrogens with two attached hydrogens (primary N) is 1. The van der Waals surface area contributed by atoms with E-state index in [4.69, 9.17) is 10.6 Å². The fourth-order valence-corrected chi connectivity index (χ4v) is 4.87. The predicted molar refractivity (Wildman–Crippen MR) is 95.0 cm³/mol. The standard InChI is InChI=1S/C19H38N2O2/c1-18(2)13-15(9-7-8-12-20)14-19(3,4)21(18)23-17-11-6-5-10-16(17)22/h15-17,22H,5-14,20H2,1-4H3/t16-,17-/m1/s1. The maximum Gasteiger partial charge on any atom is 0.105 e. The summed E-state index contributed by atoms with van der Waals surface area (Å²) in [5.74, 6) is 0.739. The van der Waals surface area contributed by atoms with Crippen LogP contribution in [0, 0.1) is 5.92 Å². The second-order valence-electron chi connectivity index (χ2n) is 8.97. The van der Waals surface area contributed by atoms with Crippen molar-refractivity contribution < 1.29 is 9.94 Å². The van der Waals surface area contributed by atoms with Crippen molar-refractivity contribution in [1.82, 2.24) is 5.06 Å². The molecule has 0 aromatic heterocycles. The van der Waals surface area contributed by atoms with Crippen LogP contribution >= 0.6 is 0 Å². The molecular formula is C19H38N2O2. The molecule has 3 N–H and O–H groups in total. The second kappa shape index (κ2) is 7.81. The highest BCUT2D eigenvalue weighted by molar-refractivity contribution is 4.97. The molecule has 0 radical (unpaired) electrons. The lowest BCUT2D eigenvalue weighted by Gasteiger charge is -2.55. The molecule has 0 amide bonds.